The first kappa shape index (κ1) is 17.6. The van der Waals surface area contributed by atoms with Crippen LogP contribution in [0.4, 0.5) is 0 Å². The minimum Gasteiger partial charge on any atom is -0.342 e. The molecule has 0 atom stereocenters. The summed E-state index contributed by atoms with van der Waals surface area (Å²) in [6.45, 7) is 6.31. The van der Waals surface area contributed by atoms with Crippen LogP contribution in [0.3, 0.4) is 0 Å². The van der Waals surface area contributed by atoms with Crippen LogP contribution in [-0.4, -0.2) is 21.0 Å². The zero-order valence-corrected chi connectivity index (χ0v) is 15.6. The summed E-state index contributed by atoms with van der Waals surface area (Å²) in [6, 6.07) is 7.16. The van der Waals surface area contributed by atoms with E-state index in [2.05, 4.69) is 41.2 Å². The number of rotatable bonds is 4. The normalized spacial score (nSPS) is 11.5. The Bertz CT molecular complexity index is 898. The highest BCUT2D eigenvalue weighted by atomic mass is 35.5. The van der Waals surface area contributed by atoms with Crippen LogP contribution in [0.5, 0.6) is 0 Å². The van der Waals surface area contributed by atoms with E-state index in [-0.39, 0.29) is 17.9 Å². The van der Waals surface area contributed by atoms with E-state index in [0.717, 1.165) is 10.6 Å². The number of halogens is 1. The zero-order valence-electron chi connectivity index (χ0n) is 14.0. The molecule has 8 heteroatoms. The summed E-state index contributed by atoms with van der Waals surface area (Å²) in [5.74, 6) is 0.472. The molecule has 1 aromatic carbocycles. The lowest BCUT2D eigenvalue weighted by atomic mass is 9.98. The van der Waals surface area contributed by atoms with Crippen molar-refractivity contribution in [3.8, 4) is 11.4 Å². The second kappa shape index (κ2) is 6.93. The van der Waals surface area contributed by atoms with Gasteiger partial charge in [-0.25, -0.2) is 4.98 Å². The molecule has 3 rings (SSSR count). The van der Waals surface area contributed by atoms with E-state index in [1.807, 2.05) is 12.1 Å². The van der Waals surface area contributed by atoms with E-state index in [1.165, 1.54) is 11.3 Å². The molecular formula is C17H17ClN4O2S. The van der Waals surface area contributed by atoms with Crippen molar-refractivity contribution >= 4 is 28.8 Å². The molecule has 0 saturated heterocycles. The molecule has 2 aromatic heterocycles. The molecule has 25 heavy (non-hydrogen) atoms. The van der Waals surface area contributed by atoms with Crippen molar-refractivity contribution in [2.45, 2.75) is 32.7 Å². The van der Waals surface area contributed by atoms with Crippen LogP contribution in [0.15, 0.2) is 34.2 Å². The molecule has 0 radical (unpaired) electrons. The summed E-state index contributed by atoms with van der Waals surface area (Å²) in [5.41, 5.74) is 1.06. The van der Waals surface area contributed by atoms with Crippen LogP contribution in [0, 0.1) is 0 Å². The molecule has 0 unspecified atom stereocenters. The maximum absolute atomic E-state index is 12.2. The predicted molar refractivity (Wildman–Crippen MR) is 96.7 cm³/mol. The van der Waals surface area contributed by atoms with Crippen molar-refractivity contribution in [3.63, 3.8) is 0 Å². The van der Waals surface area contributed by atoms with E-state index in [9.17, 15) is 4.79 Å². The summed E-state index contributed by atoms with van der Waals surface area (Å²) in [4.78, 5) is 20.8. The molecule has 6 nitrogen and oxygen atoms in total. The van der Waals surface area contributed by atoms with Gasteiger partial charge in [-0.15, -0.1) is 11.3 Å². The fourth-order valence-electron chi connectivity index (χ4n) is 2.04. The van der Waals surface area contributed by atoms with Gasteiger partial charge in [0.05, 0.1) is 11.6 Å². The van der Waals surface area contributed by atoms with E-state index < -0.39 is 0 Å². The highest BCUT2D eigenvalue weighted by Gasteiger charge is 2.20. The SMILES string of the molecule is CC(C)(C)c1nc(C(=O)NCc2nc(-c3cccc(Cl)c3)no2)cs1. The standard InChI is InChI=1S/C17H17ClN4O2S/c1-17(2,3)16-20-12(9-25-16)15(23)19-8-13-21-14(22-24-13)10-5-4-6-11(18)7-10/h4-7,9H,8H2,1-3H3,(H,19,23). The lowest BCUT2D eigenvalue weighted by Gasteiger charge is -2.13. The van der Waals surface area contributed by atoms with Crippen molar-refractivity contribution in [1.82, 2.24) is 20.4 Å². The van der Waals surface area contributed by atoms with E-state index >= 15 is 0 Å². The zero-order chi connectivity index (χ0) is 18.0. The second-order valence-corrected chi connectivity index (χ2v) is 7.79. The monoisotopic (exact) mass is 376 g/mol. The number of hydrogen-bond donors (Lipinski definition) is 1. The summed E-state index contributed by atoms with van der Waals surface area (Å²) in [5, 5.41) is 9.90. The van der Waals surface area contributed by atoms with Crippen LogP contribution in [0.1, 0.15) is 42.2 Å². The Labute approximate surface area is 154 Å². The minimum absolute atomic E-state index is 0.0818. The molecule has 0 spiro atoms. The molecule has 3 aromatic rings. The molecule has 0 bridgehead atoms. The van der Waals surface area contributed by atoms with Crippen molar-refractivity contribution in [2.75, 3.05) is 0 Å². The number of nitrogens with zero attached hydrogens (tertiary/aromatic N) is 3. The van der Waals surface area contributed by atoms with Crippen LogP contribution >= 0.6 is 22.9 Å². The summed E-state index contributed by atoms with van der Waals surface area (Å²) in [7, 11) is 0. The lowest BCUT2D eigenvalue weighted by molar-refractivity contribution is 0.0941. The van der Waals surface area contributed by atoms with E-state index in [4.69, 9.17) is 16.1 Å². The number of carbonyl (C=O) groups is 1. The highest BCUT2D eigenvalue weighted by molar-refractivity contribution is 7.10. The van der Waals surface area contributed by atoms with Crippen LogP contribution in [0.2, 0.25) is 5.02 Å². The van der Waals surface area contributed by atoms with Crippen LogP contribution < -0.4 is 5.32 Å². The molecule has 2 heterocycles. The van der Waals surface area contributed by atoms with Crippen molar-refractivity contribution in [2.24, 2.45) is 0 Å². The Kier molecular flexibility index (Phi) is 4.87. The van der Waals surface area contributed by atoms with Gasteiger partial charge in [0.1, 0.15) is 5.69 Å². The van der Waals surface area contributed by atoms with E-state index in [0.29, 0.717) is 22.4 Å². The lowest BCUT2D eigenvalue weighted by Crippen LogP contribution is -2.23. The first-order valence-electron chi connectivity index (χ1n) is 7.65. The summed E-state index contributed by atoms with van der Waals surface area (Å²) >= 11 is 7.43. The molecular weight excluding hydrogens is 360 g/mol. The molecule has 0 aliphatic carbocycles. The quantitative estimate of drug-likeness (QED) is 0.742. The molecule has 0 saturated carbocycles. The number of amides is 1. The minimum atomic E-state index is -0.269. The average Bonchev–Trinajstić information content (AvgIpc) is 3.22. The van der Waals surface area contributed by atoms with Gasteiger partial charge in [0.25, 0.3) is 5.91 Å². The van der Waals surface area contributed by atoms with Crippen molar-refractivity contribution < 1.29 is 9.32 Å². The van der Waals surface area contributed by atoms with Crippen molar-refractivity contribution in [3.05, 3.63) is 51.3 Å². The van der Waals surface area contributed by atoms with Crippen LogP contribution in [0.25, 0.3) is 11.4 Å². The first-order chi connectivity index (χ1) is 11.8. The Hall–Kier alpha value is -2.25. The third-order valence-corrected chi connectivity index (χ3v) is 4.83. The van der Waals surface area contributed by atoms with Gasteiger partial charge < -0.3 is 9.84 Å². The average molecular weight is 377 g/mol. The van der Waals surface area contributed by atoms with Gasteiger partial charge in [-0.3, -0.25) is 4.79 Å². The second-order valence-electron chi connectivity index (χ2n) is 6.49. The number of thiazole rings is 1. The van der Waals surface area contributed by atoms with Crippen LogP contribution in [-0.2, 0) is 12.0 Å². The molecule has 0 fully saturated rings. The molecule has 0 aliphatic rings. The van der Waals surface area contributed by atoms with Gasteiger partial charge >= 0.3 is 0 Å². The van der Waals surface area contributed by atoms with Crippen molar-refractivity contribution in [1.29, 1.82) is 0 Å². The first-order valence-corrected chi connectivity index (χ1v) is 8.91. The predicted octanol–water partition coefficient (Wildman–Crippen LogP) is 4.07. The maximum Gasteiger partial charge on any atom is 0.271 e. The Morgan fingerprint density at radius 3 is 2.80 bits per heavy atom. The van der Waals surface area contributed by atoms with Gasteiger partial charge in [0, 0.05) is 21.4 Å². The fraction of sp³-hybridized carbons (Fsp3) is 0.294. The number of benzene rings is 1. The van der Waals surface area contributed by atoms with E-state index in [1.54, 1.807) is 17.5 Å². The molecule has 0 aliphatic heterocycles. The summed E-state index contributed by atoms with van der Waals surface area (Å²) in [6.07, 6.45) is 0. The van der Waals surface area contributed by atoms with Gasteiger partial charge in [0.15, 0.2) is 0 Å². The molecule has 1 amide bonds. The number of nitrogens with one attached hydrogen (secondary N) is 1. The number of aromatic nitrogens is 3. The van der Waals surface area contributed by atoms with Gasteiger partial charge in [-0.05, 0) is 12.1 Å². The molecule has 130 valence electrons. The highest BCUT2D eigenvalue weighted by Crippen LogP contribution is 2.25. The maximum atomic E-state index is 12.2. The number of carbonyl (C=O) groups excluding carboxylic acids is 1. The third-order valence-electron chi connectivity index (χ3n) is 3.33. The van der Waals surface area contributed by atoms with Gasteiger partial charge in [-0.2, -0.15) is 4.98 Å². The van der Waals surface area contributed by atoms with Gasteiger partial charge in [0.2, 0.25) is 11.7 Å². The smallest absolute Gasteiger partial charge is 0.271 e. The largest absolute Gasteiger partial charge is 0.342 e. The Morgan fingerprint density at radius 1 is 1.32 bits per heavy atom. The molecule has 1 N–H and O–H groups in total. The number of hydrogen-bond acceptors (Lipinski definition) is 6. The fourth-order valence-corrected chi connectivity index (χ4v) is 3.12. The Balaban J connectivity index is 1.64. The third kappa shape index (κ3) is 4.24. The Morgan fingerprint density at radius 2 is 2.12 bits per heavy atom. The van der Waals surface area contributed by atoms with Gasteiger partial charge in [-0.1, -0.05) is 49.7 Å². The summed E-state index contributed by atoms with van der Waals surface area (Å²) < 4.78 is 5.17. The topological polar surface area (TPSA) is 80.9 Å².